The van der Waals surface area contributed by atoms with Crippen molar-refractivity contribution in [2.75, 3.05) is 11.2 Å². The maximum absolute atomic E-state index is 11.2. The average molecular weight is 292 g/mol. The number of hydrogen-bond acceptors (Lipinski definition) is 4. The first-order valence-electron chi connectivity index (χ1n) is 5.87. The second-order valence-electron chi connectivity index (χ2n) is 4.29. The van der Waals surface area contributed by atoms with Crippen molar-refractivity contribution in [3.05, 3.63) is 41.6 Å². The van der Waals surface area contributed by atoms with Gasteiger partial charge in [0, 0.05) is 17.1 Å². The lowest BCUT2D eigenvalue weighted by Gasteiger charge is -2.09. The van der Waals surface area contributed by atoms with Gasteiger partial charge >= 0.3 is 0 Å². The third-order valence-corrected chi connectivity index (χ3v) is 3.23. The summed E-state index contributed by atoms with van der Waals surface area (Å²) < 4.78 is 21.1. The number of hydrogen-bond donors (Lipinski definition) is 3. The fourth-order valence-corrected chi connectivity index (χ4v) is 2.19. The van der Waals surface area contributed by atoms with E-state index in [1.165, 1.54) is 0 Å². The van der Waals surface area contributed by atoms with Crippen LogP contribution in [0.15, 0.2) is 30.3 Å². The number of primary amides is 1. The Balaban J connectivity index is 2.28. The largest absolute Gasteiger partial charge is 0.771 e. The van der Waals surface area contributed by atoms with Crippen molar-refractivity contribution in [3.63, 3.8) is 0 Å². The number of carbonyl (C=O) groups is 1. The molecular formula is C13H14N3O3S-. The molecule has 0 saturated carbocycles. The van der Waals surface area contributed by atoms with Crippen LogP contribution < -0.4 is 11.1 Å². The minimum Gasteiger partial charge on any atom is -0.771 e. The van der Waals surface area contributed by atoms with Crippen molar-refractivity contribution in [2.45, 2.75) is 6.92 Å². The molecular weight excluding hydrogens is 278 g/mol. The summed E-state index contributed by atoms with van der Waals surface area (Å²) in [7, 11) is 0. The van der Waals surface area contributed by atoms with E-state index in [1.54, 1.807) is 31.2 Å². The zero-order valence-electron chi connectivity index (χ0n) is 10.8. The highest BCUT2D eigenvalue weighted by Gasteiger charge is 2.10. The lowest BCUT2D eigenvalue weighted by atomic mass is 10.1. The third kappa shape index (κ3) is 3.25. The number of nitrogens with one attached hydrogen (secondary N) is 2. The molecule has 0 saturated heterocycles. The maximum Gasteiger partial charge on any atom is 0.250 e. The topological polar surface area (TPSA) is 111 Å². The predicted octanol–water partition coefficient (Wildman–Crippen LogP) is 1.34. The van der Waals surface area contributed by atoms with Gasteiger partial charge in [0.1, 0.15) is 0 Å². The molecule has 0 aliphatic carbocycles. The van der Waals surface area contributed by atoms with Crippen LogP contribution in [0.25, 0.3) is 11.3 Å². The summed E-state index contributed by atoms with van der Waals surface area (Å²) in [5.41, 5.74) is 8.69. The number of H-pyrrole nitrogens is 1. The van der Waals surface area contributed by atoms with Crippen molar-refractivity contribution < 1.29 is 13.6 Å². The first kappa shape index (κ1) is 14.3. The van der Waals surface area contributed by atoms with E-state index in [9.17, 15) is 13.6 Å². The summed E-state index contributed by atoms with van der Waals surface area (Å²) in [6.07, 6.45) is 0. The molecule has 20 heavy (non-hydrogen) atoms. The first-order chi connectivity index (χ1) is 9.47. The fraction of sp³-hybridized carbons (Fsp3) is 0.154. The number of carbonyl (C=O) groups excluding carboxylic acids is 1. The molecule has 0 aliphatic heterocycles. The number of benzene rings is 1. The summed E-state index contributed by atoms with van der Waals surface area (Å²) in [6, 6.07) is 8.90. The summed E-state index contributed by atoms with van der Waals surface area (Å²) in [4.78, 5) is 14.3. The number of aromatic amines is 1. The van der Waals surface area contributed by atoms with Gasteiger partial charge in [-0.15, -0.1) is 0 Å². The van der Waals surface area contributed by atoms with Crippen LogP contribution in [-0.2, 0) is 11.1 Å². The lowest BCUT2D eigenvalue weighted by Crippen LogP contribution is -2.10. The van der Waals surface area contributed by atoms with Crippen LogP contribution in [0, 0.1) is 6.92 Å². The molecule has 0 spiro atoms. The quantitative estimate of drug-likeness (QED) is 0.722. The van der Waals surface area contributed by atoms with Crippen molar-refractivity contribution >= 4 is 22.7 Å². The van der Waals surface area contributed by atoms with E-state index in [0.29, 0.717) is 16.9 Å². The van der Waals surface area contributed by atoms with Gasteiger partial charge in [0.25, 0.3) is 5.91 Å². The Morgan fingerprint density at radius 2 is 2.20 bits per heavy atom. The number of amides is 1. The van der Waals surface area contributed by atoms with Crippen LogP contribution in [0.2, 0.25) is 0 Å². The smallest absolute Gasteiger partial charge is 0.250 e. The van der Waals surface area contributed by atoms with Gasteiger partial charge in [0.2, 0.25) is 0 Å². The number of rotatable bonds is 5. The van der Waals surface area contributed by atoms with Crippen molar-refractivity contribution in [3.8, 4) is 11.3 Å². The SMILES string of the molecule is Cc1[nH]c(-c2cccc(NCS(=O)[O-])c2)cc1C(N)=O. The Kier molecular flexibility index (Phi) is 4.21. The molecule has 7 heteroatoms. The normalized spacial score (nSPS) is 12.1. The molecule has 4 N–H and O–H groups in total. The Morgan fingerprint density at radius 3 is 2.80 bits per heavy atom. The number of aryl methyl sites for hydroxylation is 1. The zero-order valence-corrected chi connectivity index (χ0v) is 11.6. The highest BCUT2D eigenvalue weighted by molar-refractivity contribution is 7.79. The van der Waals surface area contributed by atoms with Gasteiger partial charge in [-0.2, -0.15) is 0 Å². The van der Waals surface area contributed by atoms with Gasteiger partial charge < -0.3 is 20.6 Å². The molecule has 1 aromatic carbocycles. The van der Waals surface area contributed by atoms with Gasteiger partial charge in [0.15, 0.2) is 0 Å². The van der Waals surface area contributed by atoms with Gasteiger partial charge in [-0.3, -0.25) is 9.00 Å². The molecule has 0 aliphatic rings. The number of nitrogens with two attached hydrogens (primary N) is 1. The summed E-state index contributed by atoms with van der Waals surface area (Å²) in [6.45, 7) is 1.77. The van der Waals surface area contributed by atoms with E-state index in [2.05, 4.69) is 10.3 Å². The molecule has 1 aromatic heterocycles. The van der Waals surface area contributed by atoms with Gasteiger partial charge in [0.05, 0.1) is 11.4 Å². The summed E-state index contributed by atoms with van der Waals surface area (Å²) in [5.74, 6) is -0.638. The summed E-state index contributed by atoms with van der Waals surface area (Å²) in [5, 5.41) is 2.78. The Labute approximate surface area is 118 Å². The maximum atomic E-state index is 11.2. The molecule has 1 unspecified atom stereocenters. The molecule has 6 nitrogen and oxygen atoms in total. The second-order valence-corrected chi connectivity index (χ2v) is 5.19. The van der Waals surface area contributed by atoms with Gasteiger partial charge in [-0.1, -0.05) is 12.1 Å². The van der Waals surface area contributed by atoms with E-state index in [-0.39, 0.29) is 5.88 Å². The number of anilines is 1. The third-order valence-electron chi connectivity index (χ3n) is 2.85. The Bertz CT molecular complexity index is 667. The monoisotopic (exact) mass is 292 g/mol. The van der Waals surface area contributed by atoms with E-state index in [0.717, 1.165) is 11.3 Å². The highest BCUT2D eigenvalue weighted by Crippen LogP contribution is 2.24. The molecule has 2 rings (SSSR count). The van der Waals surface area contributed by atoms with Gasteiger partial charge in [-0.25, -0.2) is 0 Å². The standard InChI is InChI=1S/C13H15N3O3S/c1-8-11(13(14)17)6-12(16-8)9-3-2-4-10(5-9)15-7-20(18)19/h2-6,15-16H,7H2,1H3,(H2,14,17)(H,18,19)/p-1. The fourth-order valence-electron chi connectivity index (χ4n) is 1.91. The Morgan fingerprint density at radius 1 is 1.45 bits per heavy atom. The molecule has 0 radical (unpaired) electrons. The molecule has 2 aromatic rings. The summed E-state index contributed by atoms with van der Waals surface area (Å²) >= 11 is -2.15. The minimum absolute atomic E-state index is 0.153. The van der Waals surface area contributed by atoms with Crippen LogP contribution in [0.5, 0.6) is 0 Å². The van der Waals surface area contributed by atoms with Crippen molar-refractivity contribution in [1.29, 1.82) is 0 Å². The van der Waals surface area contributed by atoms with Crippen LogP contribution >= 0.6 is 0 Å². The van der Waals surface area contributed by atoms with Gasteiger partial charge in [-0.05, 0) is 41.8 Å². The first-order valence-corrected chi connectivity index (χ1v) is 7.11. The molecule has 0 bridgehead atoms. The zero-order chi connectivity index (χ0) is 14.7. The molecule has 1 atom stereocenters. The van der Waals surface area contributed by atoms with E-state index < -0.39 is 17.0 Å². The predicted molar refractivity (Wildman–Crippen MR) is 76.9 cm³/mol. The second kappa shape index (κ2) is 5.89. The number of aromatic nitrogens is 1. The van der Waals surface area contributed by atoms with E-state index >= 15 is 0 Å². The van der Waals surface area contributed by atoms with Crippen molar-refractivity contribution in [1.82, 2.24) is 4.98 Å². The average Bonchev–Trinajstić information content (AvgIpc) is 2.79. The van der Waals surface area contributed by atoms with Crippen LogP contribution in [0.4, 0.5) is 5.69 Å². The van der Waals surface area contributed by atoms with Crippen LogP contribution in [-0.4, -0.2) is 25.5 Å². The van der Waals surface area contributed by atoms with Crippen LogP contribution in [0.3, 0.4) is 0 Å². The van der Waals surface area contributed by atoms with E-state index in [4.69, 9.17) is 5.73 Å². The molecule has 1 amide bonds. The molecule has 0 fully saturated rings. The van der Waals surface area contributed by atoms with Crippen molar-refractivity contribution in [2.24, 2.45) is 5.73 Å². The highest BCUT2D eigenvalue weighted by atomic mass is 32.2. The van der Waals surface area contributed by atoms with E-state index in [1.807, 2.05) is 6.07 Å². The van der Waals surface area contributed by atoms with Crippen LogP contribution in [0.1, 0.15) is 16.1 Å². The minimum atomic E-state index is -2.15. The Hall–Kier alpha value is -2.12. The molecule has 106 valence electrons. The molecule has 1 heterocycles. The lowest BCUT2D eigenvalue weighted by molar-refractivity contribution is 0.1000.